The van der Waals surface area contributed by atoms with E-state index in [0.717, 1.165) is 67.4 Å². The highest BCUT2D eigenvalue weighted by Gasteiger charge is 2.23. The van der Waals surface area contributed by atoms with Gasteiger partial charge in [0.1, 0.15) is 5.75 Å². The van der Waals surface area contributed by atoms with E-state index in [1.165, 1.54) is 11.0 Å². The number of nitrogens with zero attached hydrogens (tertiary/aromatic N) is 5. The number of hydrogen-bond acceptors (Lipinski definition) is 8. The molecule has 1 N–H and O–H groups in total. The summed E-state index contributed by atoms with van der Waals surface area (Å²) in [6.07, 6.45) is 1.39. The molecule has 0 spiro atoms. The largest absolute Gasteiger partial charge is 0.508 e. The molecule has 5 rings (SSSR count). The zero-order chi connectivity index (χ0) is 22.8. The number of ether oxygens (including phenoxy) is 1. The molecule has 33 heavy (non-hydrogen) atoms. The molecule has 0 aliphatic carbocycles. The number of morpholine rings is 1. The number of phenols is 1. The number of thiophene rings is 1. The number of fused-ring (bicyclic) bond motifs is 1. The van der Waals surface area contributed by atoms with Crippen molar-refractivity contribution in [3.05, 3.63) is 47.9 Å². The number of carbonyl (C=O) groups is 1. The van der Waals surface area contributed by atoms with Crippen LogP contribution < -0.4 is 4.90 Å². The normalized spacial score (nSPS) is 17.5. The minimum Gasteiger partial charge on any atom is -0.508 e. The SMILES string of the molecule is C=CC(=O)N1CCN(Cc2cc3nc(-c4cccc(O)c4)nc(N4CCOCC4)c3s2)CC1. The summed E-state index contributed by atoms with van der Waals surface area (Å²) in [5.41, 5.74) is 1.72. The average Bonchev–Trinajstić information content (AvgIpc) is 3.26. The van der Waals surface area contributed by atoms with Crippen LogP contribution in [0, 0.1) is 0 Å². The van der Waals surface area contributed by atoms with Crippen molar-refractivity contribution >= 4 is 33.3 Å². The highest BCUT2D eigenvalue weighted by atomic mass is 32.1. The molecule has 0 atom stereocenters. The van der Waals surface area contributed by atoms with E-state index >= 15 is 0 Å². The first-order valence-electron chi connectivity index (χ1n) is 11.2. The number of phenolic OH excluding ortho intramolecular Hbond substituents is 1. The molecule has 0 saturated carbocycles. The van der Waals surface area contributed by atoms with Crippen molar-refractivity contribution in [2.45, 2.75) is 6.54 Å². The van der Waals surface area contributed by atoms with E-state index in [9.17, 15) is 9.90 Å². The van der Waals surface area contributed by atoms with Gasteiger partial charge in [-0.05, 0) is 24.3 Å². The van der Waals surface area contributed by atoms with Gasteiger partial charge in [-0.3, -0.25) is 9.69 Å². The van der Waals surface area contributed by atoms with E-state index in [4.69, 9.17) is 14.7 Å². The lowest BCUT2D eigenvalue weighted by Gasteiger charge is -2.33. The maximum absolute atomic E-state index is 11.9. The predicted molar refractivity (Wildman–Crippen MR) is 130 cm³/mol. The van der Waals surface area contributed by atoms with Crippen LogP contribution in [0.15, 0.2) is 43.0 Å². The second-order valence-corrected chi connectivity index (χ2v) is 9.39. The zero-order valence-electron chi connectivity index (χ0n) is 18.4. The highest BCUT2D eigenvalue weighted by molar-refractivity contribution is 7.19. The molecule has 0 radical (unpaired) electrons. The molecule has 172 valence electrons. The molecule has 2 saturated heterocycles. The van der Waals surface area contributed by atoms with Gasteiger partial charge in [-0.2, -0.15) is 0 Å². The van der Waals surface area contributed by atoms with E-state index < -0.39 is 0 Å². The molecule has 2 fully saturated rings. The Labute approximate surface area is 196 Å². The van der Waals surface area contributed by atoms with E-state index in [-0.39, 0.29) is 11.7 Å². The number of benzene rings is 1. The number of hydrogen-bond donors (Lipinski definition) is 1. The molecule has 2 aliphatic rings. The van der Waals surface area contributed by atoms with Crippen molar-refractivity contribution in [1.29, 1.82) is 0 Å². The third kappa shape index (κ3) is 4.71. The van der Waals surface area contributed by atoms with Gasteiger partial charge >= 0.3 is 0 Å². The van der Waals surface area contributed by atoms with Gasteiger partial charge in [-0.25, -0.2) is 9.97 Å². The van der Waals surface area contributed by atoms with Crippen molar-refractivity contribution in [2.24, 2.45) is 0 Å². The third-order valence-corrected chi connectivity index (χ3v) is 7.16. The van der Waals surface area contributed by atoms with Crippen LogP contribution >= 0.6 is 11.3 Å². The topological polar surface area (TPSA) is 82.0 Å². The van der Waals surface area contributed by atoms with Gasteiger partial charge in [-0.15, -0.1) is 11.3 Å². The Balaban J connectivity index is 1.44. The molecule has 8 nitrogen and oxygen atoms in total. The predicted octanol–water partition coefficient (Wildman–Crippen LogP) is 2.73. The Morgan fingerprint density at radius 2 is 1.91 bits per heavy atom. The van der Waals surface area contributed by atoms with Gasteiger partial charge < -0.3 is 19.6 Å². The van der Waals surface area contributed by atoms with Crippen LogP contribution in [0.1, 0.15) is 4.88 Å². The molecule has 2 aliphatic heterocycles. The van der Waals surface area contributed by atoms with Gasteiger partial charge in [0.05, 0.1) is 23.4 Å². The number of amides is 1. The fourth-order valence-electron chi connectivity index (χ4n) is 4.28. The van der Waals surface area contributed by atoms with Crippen molar-refractivity contribution < 1.29 is 14.6 Å². The van der Waals surface area contributed by atoms with Crippen LogP contribution in [0.25, 0.3) is 21.6 Å². The number of piperazine rings is 1. The minimum absolute atomic E-state index is 0.00131. The minimum atomic E-state index is 0.00131. The standard InChI is InChI=1S/C24H27N5O3S/c1-2-21(31)28-8-6-27(7-9-28)16-19-15-20-22(33-19)24(29-10-12-32-13-11-29)26-23(25-20)17-4-3-5-18(30)14-17/h2-5,14-15,30H,1,6-13,16H2. The number of carbonyl (C=O) groups excluding carboxylic acids is 1. The summed E-state index contributed by atoms with van der Waals surface area (Å²) in [6.45, 7) is 10.5. The van der Waals surface area contributed by atoms with Crippen LogP contribution in [0.3, 0.4) is 0 Å². The number of anilines is 1. The molecule has 1 aromatic carbocycles. The lowest BCUT2D eigenvalue weighted by Crippen LogP contribution is -2.47. The molecular formula is C24H27N5O3S. The molecular weight excluding hydrogens is 438 g/mol. The summed E-state index contributed by atoms with van der Waals surface area (Å²) in [4.78, 5) is 29.3. The lowest BCUT2D eigenvalue weighted by atomic mass is 10.2. The summed E-state index contributed by atoms with van der Waals surface area (Å²) >= 11 is 1.73. The maximum atomic E-state index is 11.9. The first kappa shape index (κ1) is 21.8. The number of aromatic nitrogens is 2. The number of rotatable bonds is 5. The Bertz CT molecular complexity index is 1170. The van der Waals surface area contributed by atoms with Gasteiger partial charge in [0.25, 0.3) is 0 Å². The molecule has 3 aromatic rings. The Kier molecular flexibility index (Phi) is 6.26. The van der Waals surface area contributed by atoms with Crippen LogP contribution in [0.2, 0.25) is 0 Å². The lowest BCUT2D eigenvalue weighted by molar-refractivity contribution is -0.127. The maximum Gasteiger partial charge on any atom is 0.246 e. The summed E-state index contributed by atoms with van der Waals surface area (Å²) in [7, 11) is 0. The highest BCUT2D eigenvalue weighted by Crippen LogP contribution is 2.35. The first-order valence-corrected chi connectivity index (χ1v) is 12.0. The first-order chi connectivity index (χ1) is 16.1. The molecule has 2 aromatic heterocycles. The summed E-state index contributed by atoms with van der Waals surface area (Å²) in [5, 5.41) is 9.94. The van der Waals surface area contributed by atoms with Crippen LogP contribution in [-0.4, -0.2) is 83.3 Å². The average molecular weight is 466 g/mol. The van der Waals surface area contributed by atoms with E-state index in [1.54, 1.807) is 23.5 Å². The quantitative estimate of drug-likeness (QED) is 0.580. The van der Waals surface area contributed by atoms with Crippen molar-refractivity contribution in [3.63, 3.8) is 0 Å². The van der Waals surface area contributed by atoms with Gasteiger partial charge in [0.15, 0.2) is 11.6 Å². The van der Waals surface area contributed by atoms with Crippen LogP contribution in [0.5, 0.6) is 5.75 Å². The second kappa shape index (κ2) is 9.46. The molecule has 1 amide bonds. The second-order valence-electron chi connectivity index (χ2n) is 8.25. The summed E-state index contributed by atoms with van der Waals surface area (Å²) < 4.78 is 6.63. The van der Waals surface area contributed by atoms with Crippen molar-refractivity contribution in [1.82, 2.24) is 19.8 Å². The summed E-state index contributed by atoms with van der Waals surface area (Å²) in [5.74, 6) is 1.74. The van der Waals surface area contributed by atoms with E-state index in [2.05, 4.69) is 22.4 Å². The fourth-order valence-corrected chi connectivity index (χ4v) is 5.44. The van der Waals surface area contributed by atoms with Gasteiger partial charge in [0, 0.05) is 56.3 Å². The zero-order valence-corrected chi connectivity index (χ0v) is 19.3. The van der Waals surface area contributed by atoms with Gasteiger partial charge in [-0.1, -0.05) is 18.7 Å². The molecule has 4 heterocycles. The van der Waals surface area contributed by atoms with Gasteiger partial charge in [0.2, 0.25) is 5.91 Å². The monoisotopic (exact) mass is 465 g/mol. The fraction of sp³-hybridized carbons (Fsp3) is 0.375. The molecule has 9 heteroatoms. The molecule has 0 unspecified atom stereocenters. The van der Waals surface area contributed by atoms with E-state index in [0.29, 0.717) is 19.0 Å². The van der Waals surface area contributed by atoms with Crippen molar-refractivity contribution in [3.8, 4) is 17.1 Å². The van der Waals surface area contributed by atoms with E-state index in [1.807, 2.05) is 17.0 Å². The number of aromatic hydroxyl groups is 1. The smallest absolute Gasteiger partial charge is 0.246 e. The molecule has 0 bridgehead atoms. The third-order valence-electron chi connectivity index (χ3n) is 6.06. The van der Waals surface area contributed by atoms with Crippen LogP contribution in [0.4, 0.5) is 5.82 Å². The Morgan fingerprint density at radius 1 is 1.12 bits per heavy atom. The van der Waals surface area contributed by atoms with Crippen LogP contribution in [-0.2, 0) is 16.1 Å². The summed E-state index contributed by atoms with van der Waals surface area (Å²) in [6, 6.07) is 9.22. The Morgan fingerprint density at radius 3 is 2.64 bits per heavy atom. The van der Waals surface area contributed by atoms with Crippen molar-refractivity contribution in [2.75, 3.05) is 57.4 Å². The Hall–Kier alpha value is -3.01.